The number of carbonyl (C=O) groups excluding carboxylic acids is 1. The lowest BCUT2D eigenvalue weighted by molar-refractivity contribution is 0.102. The van der Waals surface area contributed by atoms with Gasteiger partial charge < -0.3 is 20.1 Å². The molecule has 0 atom stereocenters. The molecule has 0 fully saturated rings. The lowest BCUT2D eigenvalue weighted by atomic mass is 9.83. The van der Waals surface area contributed by atoms with Crippen LogP contribution in [-0.4, -0.2) is 23.1 Å². The maximum atomic E-state index is 13.4. The second-order valence-electron chi connectivity index (χ2n) is 8.47. The number of pyridine rings is 1. The van der Waals surface area contributed by atoms with Gasteiger partial charge in [0.1, 0.15) is 5.75 Å². The van der Waals surface area contributed by atoms with Crippen molar-refractivity contribution in [3.8, 4) is 16.9 Å². The summed E-state index contributed by atoms with van der Waals surface area (Å²) in [4.78, 5) is 28.4. The van der Waals surface area contributed by atoms with Gasteiger partial charge in [-0.2, -0.15) is 0 Å². The van der Waals surface area contributed by atoms with Crippen molar-refractivity contribution < 1.29 is 14.6 Å². The highest BCUT2D eigenvalue weighted by atomic mass is 16.5. The van der Waals surface area contributed by atoms with E-state index in [0.29, 0.717) is 28.1 Å². The highest BCUT2D eigenvalue weighted by molar-refractivity contribution is 6.07. The van der Waals surface area contributed by atoms with E-state index in [1.54, 1.807) is 36.5 Å². The molecule has 0 radical (unpaired) electrons. The summed E-state index contributed by atoms with van der Waals surface area (Å²) in [5.74, 6) is 0.117. The topological polar surface area (TPSA) is 91.4 Å². The number of aliphatic hydroxyl groups is 1. The largest absolute Gasteiger partial charge is 0.496 e. The molecule has 6 nitrogen and oxygen atoms in total. The van der Waals surface area contributed by atoms with Gasteiger partial charge in [0.05, 0.1) is 19.3 Å². The molecule has 0 aliphatic heterocycles. The number of ether oxygens (including phenoxy) is 1. The third-order valence-corrected chi connectivity index (χ3v) is 5.34. The van der Waals surface area contributed by atoms with Crippen molar-refractivity contribution in [3.63, 3.8) is 0 Å². The Labute approximate surface area is 181 Å². The molecule has 3 aromatic rings. The summed E-state index contributed by atoms with van der Waals surface area (Å²) in [6.07, 6.45) is 1.57. The number of amides is 1. The van der Waals surface area contributed by atoms with E-state index in [1.807, 2.05) is 39.8 Å². The fourth-order valence-electron chi connectivity index (χ4n) is 3.56. The van der Waals surface area contributed by atoms with Crippen LogP contribution in [-0.2, 0) is 12.0 Å². The number of hydrogen-bond acceptors (Lipinski definition) is 4. The molecule has 0 saturated heterocycles. The van der Waals surface area contributed by atoms with Crippen LogP contribution >= 0.6 is 0 Å². The molecule has 1 heterocycles. The van der Waals surface area contributed by atoms with Crippen molar-refractivity contribution >= 4 is 11.6 Å². The number of benzene rings is 2. The minimum Gasteiger partial charge on any atom is -0.496 e. The van der Waals surface area contributed by atoms with E-state index in [9.17, 15) is 14.7 Å². The van der Waals surface area contributed by atoms with Crippen LogP contribution in [0.15, 0.2) is 53.5 Å². The SMILES string of the molecule is COc1c(C(=O)Nc2cccc(CO)c2C)cc(-c2ccc[nH]c2=O)cc1C(C)(C)C. The molecule has 3 N–H and O–H groups in total. The molecule has 0 bridgehead atoms. The van der Waals surface area contributed by atoms with Gasteiger partial charge in [0, 0.05) is 23.0 Å². The number of aliphatic hydroxyl groups excluding tert-OH is 1. The zero-order valence-electron chi connectivity index (χ0n) is 18.5. The van der Waals surface area contributed by atoms with Crippen LogP contribution in [0.4, 0.5) is 5.69 Å². The van der Waals surface area contributed by atoms with Crippen LogP contribution in [0.1, 0.15) is 47.8 Å². The zero-order valence-corrected chi connectivity index (χ0v) is 18.5. The van der Waals surface area contributed by atoms with Crippen molar-refractivity contribution in [1.82, 2.24) is 4.98 Å². The van der Waals surface area contributed by atoms with Crippen LogP contribution in [0, 0.1) is 6.92 Å². The molecule has 6 heteroatoms. The average Bonchev–Trinajstić information content (AvgIpc) is 2.74. The highest BCUT2D eigenvalue weighted by Gasteiger charge is 2.26. The predicted octanol–water partition coefficient (Wildman–Crippen LogP) is 4.40. The molecule has 1 amide bonds. The first-order valence-corrected chi connectivity index (χ1v) is 10.1. The molecular formula is C25H28N2O4. The number of hydrogen-bond donors (Lipinski definition) is 3. The third-order valence-electron chi connectivity index (χ3n) is 5.34. The monoisotopic (exact) mass is 420 g/mol. The van der Waals surface area contributed by atoms with E-state index in [-0.39, 0.29) is 23.5 Å². The van der Waals surface area contributed by atoms with Crippen molar-refractivity contribution in [1.29, 1.82) is 0 Å². The maximum Gasteiger partial charge on any atom is 0.259 e. The first kappa shape index (κ1) is 22.3. The average molecular weight is 421 g/mol. The molecule has 3 rings (SSSR count). The summed E-state index contributed by atoms with van der Waals surface area (Å²) in [6, 6.07) is 12.4. The van der Waals surface area contributed by atoms with Gasteiger partial charge in [-0.3, -0.25) is 9.59 Å². The van der Waals surface area contributed by atoms with E-state index in [2.05, 4.69) is 10.3 Å². The van der Waals surface area contributed by atoms with Crippen LogP contribution in [0.3, 0.4) is 0 Å². The molecule has 1 aromatic heterocycles. The summed E-state index contributed by atoms with van der Waals surface area (Å²) in [5.41, 5.74) is 3.85. The molecule has 0 saturated carbocycles. The van der Waals surface area contributed by atoms with Gasteiger partial charge >= 0.3 is 0 Å². The number of methoxy groups -OCH3 is 1. The molecule has 0 aliphatic rings. The fourth-order valence-corrected chi connectivity index (χ4v) is 3.56. The van der Waals surface area contributed by atoms with Crippen LogP contribution < -0.4 is 15.6 Å². The Hall–Kier alpha value is -3.38. The summed E-state index contributed by atoms with van der Waals surface area (Å²) in [5, 5.41) is 12.5. The number of rotatable bonds is 5. The Morgan fingerprint density at radius 3 is 2.52 bits per heavy atom. The summed E-state index contributed by atoms with van der Waals surface area (Å²) < 4.78 is 5.67. The minimum absolute atomic E-state index is 0.112. The Bertz CT molecular complexity index is 1170. The normalized spacial score (nSPS) is 11.3. The van der Waals surface area contributed by atoms with E-state index in [4.69, 9.17) is 4.74 Å². The van der Waals surface area contributed by atoms with E-state index in [0.717, 1.165) is 16.7 Å². The van der Waals surface area contributed by atoms with Gasteiger partial charge in [-0.25, -0.2) is 0 Å². The molecule has 0 unspecified atom stereocenters. The van der Waals surface area contributed by atoms with Gasteiger partial charge in [0.2, 0.25) is 0 Å². The smallest absolute Gasteiger partial charge is 0.259 e. The molecule has 0 spiro atoms. The van der Waals surface area contributed by atoms with E-state index >= 15 is 0 Å². The second-order valence-corrected chi connectivity index (χ2v) is 8.47. The zero-order chi connectivity index (χ0) is 22.8. The predicted molar refractivity (Wildman–Crippen MR) is 123 cm³/mol. The molecule has 0 aliphatic carbocycles. The summed E-state index contributed by atoms with van der Waals surface area (Å²) in [7, 11) is 1.54. The van der Waals surface area contributed by atoms with Crippen LogP contribution in [0.25, 0.3) is 11.1 Å². The minimum atomic E-state index is -0.352. The quantitative estimate of drug-likeness (QED) is 0.570. The fraction of sp³-hybridized carbons (Fsp3) is 0.280. The van der Waals surface area contributed by atoms with Gasteiger partial charge in [-0.05, 0) is 59.4 Å². The first-order chi connectivity index (χ1) is 14.7. The molecule has 2 aromatic carbocycles. The Morgan fingerprint density at radius 2 is 1.90 bits per heavy atom. The Morgan fingerprint density at radius 1 is 1.16 bits per heavy atom. The number of H-pyrrole nitrogens is 1. The lowest BCUT2D eigenvalue weighted by Crippen LogP contribution is -2.20. The number of carbonyl (C=O) groups is 1. The van der Waals surface area contributed by atoms with Crippen LogP contribution in [0.5, 0.6) is 5.75 Å². The molecule has 31 heavy (non-hydrogen) atoms. The summed E-state index contributed by atoms with van der Waals surface area (Å²) >= 11 is 0. The van der Waals surface area contributed by atoms with Gasteiger partial charge in [0.15, 0.2) is 0 Å². The van der Waals surface area contributed by atoms with Gasteiger partial charge in [0.25, 0.3) is 11.5 Å². The van der Waals surface area contributed by atoms with Crippen molar-refractivity contribution in [2.45, 2.75) is 39.7 Å². The van der Waals surface area contributed by atoms with Crippen molar-refractivity contribution in [2.24, 2.45) is 0 Å². The number of aromatic amines is 1. The second kappa shape index (κ2) is 8.78. The Kier molecular flexibility index (Phi) is 6.32. The van der Waals surface area contributed by atoms with Gasteiger partial charge in [-0.1, -0.05) is 32.9 Å². The highest BCUT2D eigenvalue weighted by Crippen LogP contribution is 2.38. The lowest BCUT2D eigenvalue weighted by Gasteiger charge is -2.25. The Balaban J connectivity index is 2.18. The standard InChI is InChI=1S/C25H28N2O4/c1-15-16(14-28)8-6-10-21(15)27-24(30)19-12-17(18-9-7-11-26-23(18)29)13-20(22(19)31-5)25(2,3)4/h6-13,28H,14H2,1-5H3,(H,26,29)(H,27,30). The first-order valence-electron chi connectivity index (χ1n) is 10.1. The maximum absolute atomic E-state index is 13.4. The van der Waals surface area contributed by atoms with E-state index < -0.39 is 0 Å². The van der Waals surface area contributed by atoms with Crippen molar-refractivity contribution in [2.75, 3.05) is 12.4 Å². The third kappa shape index (κ3) is 4.54. The molecule has 162 valence electrons. The molecular weight excluding hydrogens is 392 g/mol. The van der Waals surface area contributed by atoms with Crippen LogP contribution in [0.2, 0.25) is 0 Å². The number of aromatic nitrogens is 1. The van der Waals surface area contributed by atoms with E-state index in [1.165, 1.54) is 7.11 Å². The summed E-state index contributed by atoms with van der Waals surface area (Å²) in [6.45, 7) is 7.82. The number of anilines is 1. The van der Waals surface area contributed by atoms with Crippen molar-refractivity contribution in [3.05, 3.63) is 81.3 Å². The number of nitrogens with one attached hydrogen (secondary N) is 2. The van der Waals surface area contributed by atoms with Gasteiger partial charge in [-0.15, -0.1) is 0 Å².